The molecule has 0 saturated carbocycles. The van der Waals surface area contributed by atoms with Gasteiger partial charge in [-0.15, -0.1) is 0 Å². The summed E-state index contributed by atoms with van der Waals surface area (Å²) in [6.45, 7) is 8.33. The summed E-state index contributed by atoms with van der Waals surface area (Å²) >= 11 is 0. The predicted molar refractivity (Wildman–Crippen MR) is 85.8 cm³/mol. The minimum Gasteiger partial charge on any atom is -0.384 e. The minimum absolute atomic E-state index is 0.201. The Morgan fingerprint density at radius 3 is 2.29 bits per heavy atom. The van der Waals surface area contributed by atoms with Crippen LogP contribution in [0, 0.1) is 0 Å². The van der Waals surface area contributed by atoms with E-state index in [4.69, 9.17) is 4.74 Å². The van der Waals surface area contributed by atoms with Crippen LogP contribution in [0.3, 0.4) is 0 Å². The second-order valence-corrected chi connectivity index (χ2v) is 5.86. The molecule has 0 radical (unpaired) electrons. The highest BCUT2D eigenvalue weighted by Gasteiger charge is 2.20. The van der Waals surface area contributed by atoms with E-state index in [0.717, 1.165) is 26.2 Å². The van der Waals surface area contributed by atoms with Crippen molar-refractivity contribution in [1.29, 1.82) is 0 Å². The molecule has 0 atom stereocenters. The lowest BCUT2D eigenvalue weighted by atomic mass is 10.0. The van der Waals surface area contributed by atoms with Crippen LogP contribution < -0.4 is 4.90 Å². The Morgan fingerprint density at radius 1 is 1.14 bits per heavy atom. The van der Waals surface area contributed by atoms with E-state index in [1.54, 1.807) is 7.11 Å². The van der Waals surface area contributed by atoms with E-state index in [1.165, 1.54) is 11.3 Å². The van der Waals surface area contributed by atoms with Crippen LogP contribution in [0.25, 0.3) is 0 Å². The summed E-state index contributed by atoms with van der Waals surface area (Å²) in [5, 5.41) is 0. The Labute approximate surface area is 127 Å². The van der Waals surface area contributed by atoms with Crippen LogP contribution in [0.1, 0.15) is 31.7 Å². The molecule has 116 valence electrons. The Hall–Kier alpha value is -1.55. The Balaban J connectivity index is 1.87. The SMILES string of the molecule is COCCC(=O)N1CCN(c2ccc(C(C)C)cc2)CC1. The second kappa shape index (κ2) is 7.46. The van der Waals surface area contributed by atoms with Crippen LogP contribution in [0.2, 0.25) is 0 Å². The van der Waals surface area contributed by atoms with Crippen molar-refractivity contribution in [3.8, 4) is 0 Å². The molecule has 0 bridgehead atoms. The zero-order chi connectivity index (χ0) is 15.2. The fourth-order valence-corrected chi connectivity index (χ4v) is 2.63. The fraction of sp³-hybridized carbons (Fsp3) is 0.588. The number of amides is 1. The number of hydrogen-bond donors (Lipinski definition) is 0. The molecule has 1 saturated heterocycles. The first kappa shape index (κ1) is 15.8. The van der Waals surface area contributed by atoms with E-state index in [0.29, 0.717) is 18.9 Å². The van der Waals surface area contributed by atoms with Gasteiger partial charge in [-0.05, 0) is 23.6 Å². The third kappa shape index (κ3) is 4.21. The van der Waals surface area contributed by atoms with Gasteiger partial charge in [-0.2, -0.15) is 0 Å². The zero-order valence-corrected chi connectivity index (χ0v) is 13.3. The molecule has 1 amide bonds. The first-order valence-electron chi connectivity index (χ1n) is 7.73. The van der Waals surface area contributed by atoms with Crippen LogP contribution in [0.5, 0.6) is 0 Å². The summed E-state index contributed by atoms with van der Waals surface area (Å²) in [6, 6.07) is 8.79. The second-order valence-electron chi connectivity index (χ2n) is 5.86. The van der Waals surface area contributed by atoms with Crippen LogP contribution in [0.15, 0.2) is 24.3 Å². The molecule has 0 aliphatic carbocycles. The van der Waals surface area contributed by atoms with Crippen LogP contribution >= 0.6 is 0 Å². The van der Waals surface area contributed by atoms with Gasteiger partial charge in [0.2, 0.25) is 5.91 Å². The van der Waals surface area contributed by atoms with E-state index < -0.39 is 0 Å². The molecule has 1 heterocycles. The molecule has 21 heavy (non-hydrogen) atoms. The van der Waals surface area contributed by atoms with Gasteiger partial charge in [0.1, 0.15) is 0 Å². The van der Waals surface area contributed by atoms with Crippen molar-refractivity contribution in [3.63, 3.8) is 0 Å². The summed E-state index contributed by atoms with van der Waals surface area (Å²) in [4.78, 5) is 16.2. The molecule has 1 aromatic carbocycles. The predicted octanol–water partition coefficient (Wildman–Crippen LogP) is 2.50. The summed E-state index contributed by atoms with van der Waals surface area (Å²) in [5.74, 6) is 0.765. The molecule has 0 N–H and O–H groups in total. The molecule has 0 spiro atoms. The highest BCUT2D eigenvalue weighted by atomic mass is 16.5. The molecule has 2 rings (SSSR count). The quantitative estimate of drug-likeness (QED) is 0.835. The van der Waals surface area contributed by atoms with Gasteiger partial charge in [0.05, 0.1) is 13.0 Å². The summed E-state index contributed by atoms with van der Waals surface area (Å²) in [7, 11) is 1.63. The maximum atomic E-state index is 11.9. The van der Waals surface area contributed by atoms with Crippen molar-refractivity contribution in [1.82, 2.24) is 4.90 Å². The van der Waals surface area contributed by atoms with Gasteiger partial charge in [-0.25, -0.2) is 0 Å². The molecule has 4 heteroatoms. The summed E-state index contributed by atoms with van der Waals surface area (Å²) < 4.78 is 4.97. The number of carbonyl (C=O) groups is 1. The third-order valence-corrected chi connectivity index (χ3v) is 4.08. The Bertz CT molecular complexity index is 448. The largest absolute Gasteiger partial charge is 0.384 e. The normalized spacial score (nSPS) is 15.6. The molecule has 1 aliphatic heterocycles. The van der Waals surface area contributed by atoms with Crippen molar-refractivity contribution in [2.24, 2.45) is 0 Å². The van der Waals surface area contributed by atoms with E-state index in [-0.39, 0.29) is 5.91 Å². The topological polar surface area (TPSA) is 32.8 Å². The zero-order valence-electron chi connectivity index (χ0n) is 13.3. The van der Waals surface area contributed by atoms with Gasteiger partial charge in [0.15, 0.2) is 0 Å². The van der Waals surface area contributed by atoms with Crippen molar-refractivity contribution >= 4 is 11.6 Å². The minimum atomic E-state index is 0.201. The number of anilines is 1. The number of piperazine rings is 1. The number of methoxy groups -OCH3 is 1. The molecular weight excluding hydrogens is 264 g/mol. The van der Waals surface area contributed by atoms with Crippen molar-refractivity contribution in [3.05, 3.63) is 29.8 Å². The van der Waals surface area contributed by atoms with Crippen molar-refractivity contribution in [2.45, 2.75) is 26.2 Å². The standard InChI is InChI=1S/C17H26N2O2/c1-14(2)15-4-6-16(7-5-15)18-9-11-19(12-10-18)17(20)8-13-21-3/h4-7,14H,8-13H2,1-3H3. The van der Waals surface area contributed by atoms with E-state index in [1.807, 2.05) is 4.90 Å². The van der Waals surface area contributed by atoms with E-state index in [2.05, 4.69) is 43.0 Å². The number of rotatable bonds is 5. The molecule has 0 aromatic heterocycles. The number of benzene rings is 1. The maximum absolute atomic E-state index is 11.9. The molecule has 1 fully saturated rings. The molecular formula is C17H26N2O2. The highest BCUT2D eigenvalue weighted by molar-refractivity contribution is 5.76. The summed E-state index contributed by atoms with van der Waals surface area (Å²) in [5.41, 5.74) is 2.62. The molecule has 1 aromatic rings. The number of carbonyl (C=O) groups excluding carboxylic acids is 1. The first-order chi connectivity index (χ1) is 10.1. The van der Waals surface area contributed by atoms with Crippen LogP contribution in [-0.2, 0) is 9.53 Å². The van der Waals surface area contributed by atoms with Gasteiger partial charge in [0.25, 0.3) is 0 Å². The van der Waals surface area contributed by atoms with E-state index in [9.17, 15) is 4.79 Å². The summed E-state index contributed by atoms with van der Waals surface area (Å²) in [6.07, 6.45) is 0.486. The van der Waals surface area contributed by atoms with E-state index >= 15 is 0 Å². The van der Waals surface area contributed by atoms with Gasteiger partial charge in [0, 0.05) is 39.0 Å². The molecule has 0 unspecified atom stereocenters. The van der Waals surface area contributed by atoms with Crippen molar-refractivity contribution < 1.29 is 9.53 Å². The lowest BCUT2D eigenvalue weighted by Gasteiger charge is -2.36. The molecule has 4 nitrogen and oxygen atoms in total. The average Bonchev–Trinajstić information content (AvgIpc) is 2.53. The monoisotopic (exact) mass is 290 g/mol. The lowest BCUT2D eigenvalue weighted by molar-refractivity contribution is -0.132. The smallest absolute Gasteiger partial charge is 0.225 e. The van der Waals surface area contributed by atoms with Gasteiger partial charge < -0.3 is 14.5 Å². The highest BCUT2D eigenvalue weighted by Crippen LogP contribution is 2.21. The van der Waals surface area contributed by atoms with Crippen LogP contribution in [-0.4, -0.2) is 50.7 Å². The first-order valence-corrected chi connectivity index (χ1v) is 7.73. The average molecular weight is 290 g/mol. The Kier molecular flexibility index (Phi) is 5.62. The number of nitrogens with zero attached hydrogens (tertiary/aromatic N) is 2. The number of ether oxygens (including phenoxy) is 1. The van der Waals surface area contributed by atoms with Crippen molar-refractivity contribution in [2.75, 3.05) is 44.8 Å². The maximum Gasteiger partial charge on any atom is 0.225 e. The third-order valence-electron chi connectivity index (χ3n) is 4.08. The number of hydrogen-bond acceptors (Lipinski definition) is 3. The van der Waals surface area contributed by atoms with Gasteiger partial charge in [-0.1, -0.05) is 26.0 Å². The fourth-order valence-electron chi connectivity index (χ4n) is 2.63. The lowest BCUT2D eigenvalue weighted by Crippen LogP contribution is -2.49. The van der Waals surface area contributed by atoms with Gasteiger partial charge in [-0.3, -0.25) is 4.79 Å². The van der Waals surface area contributed by atoms with Gasteiger partial charge >= 0.3 is 0 Å². The van der Waals surface area contributed by atoms with Crippen LogP contribution in [0.4, 0.5) is 5.69 Å². The molecule has 1 aliphatic rings. The Morgan fingerprint density at radius 2 is 1.76 bits per heavy atom.